The molecule has 1 aromatic rings. The lowest BCUT2D eigenvalue weighted by Gasteiger charge is -2.07. The number of hydrogen-bond acceptors (Lipinski definition) is 3. The summed E-state index contributed by atoms with van der Waals surface area (Å²) in [5, 5.41) is 2.64. The molecule has 0 spiro atoms. The van der Waals surface area contributed by atoms with Crippen molar-refractivity contribution < 1.29 is 13.2 Å². The average molecular weight is 347 g/mol. The zero-order valence-corrected chi connectivity index (χ0v) is 12.8. The minimum absolute atomic E-state index is 0.130. The minimum atomic E-state index is -3.53. The van der Waals surface area contributed by atoms with Crippen LogP contribution < -0.4 is 10.0 Å². The number of sulfonamides is 1. The predicted octanol–water partition coefficient (Wildman–Crippen LogP) is 1.51. The van der Waals surface area contributed by atoms with E-state index in [4.69, 9.17) is 0 Å². The van der Waals surface area contributed by atoms with Crippen LogP contribution in [0, 0.1) is 0 Å². The summed E-state index contributed by atoms with van der Waals surface area (Å²) >= 11 is 3.08. The van der Waals surface area contributed by atoms with Crippen molar-refractivity contribution in [1.82, 2.24) is 10.0 Å². The van der Waals surface area contributed by atoms with Gasteiger partial charge >= 0.3 is 0 Å². The van der Waals surface area contributed by atoms with Gasteiger partial charge in [0.05, 0.1) is 4.90 Å². The van der Waals surface area contributed by atoms with Gasteiger partial charge in [0, 0.05) is 24.5 Å². The molecule has 5 nitrogen and oxygen atoms in total. The molecule has 19 heavy (non-hydrogen) atoms. The van der Waals surface area contributed by atoms with Gasteiger partial charge in [-0.1, -0.05) is 34.6 Å². The van der Waals surface area contributed by atoms with Gasteiger partial charge in [0.15, 0.2) is 0 Å². The van der Waals surface area contributed by atoms with Gasteiger partial charge in [-0.3, -0.25) is 4.79 Å². The normalized spacial score (nSPS) is 11.1. The third kappa shape index (κ3) is 5.54. The molecule has 0 aromatic heterocycles. The Hall–Kier alpha value is -1.18. The van der Waals surface area contributed by atoms with E-state index in [1.165, 1.54) is 19.1 Å². The second-order valence-electron chi connectivity index (χ2n) is 3.90. The van der Waals surface area contributed by atoms with Crippen molar-refractivity contribution in [2.24, 2.45) is 0 Å². The van der Waals surface area contributed by atoms with Gasteiger partial charge in [-0.05, 0) is 17.7 Å². The fourth-order valence-electron chi connectivity index (χ4n) is 1.27. The van der Waals surface area contributed by atoms with Crippen LogP contribution in [0.5, 0.6) is 0 Å². The molecule has 1 rings (SSSR count). The lowest BCUT2D eigenvalue weighted by Crippen LogP contribution is -2.24. The van der Waals surface area contributed by atoms with Gasteiger partial charge in [-0.15, -0.1) is 0 Å². The van der Waals surface area contributed by atoms with Crippen LogP contribution in [0.3, 0.4) is 0 Å². The van der Waals surface area contributed by atoms with Crippen molar-refractivity contribution in [3.63, 3.8) is 0 Å². The summed E-state index contributed by atoms with van der Waals surface area (Å²) < 4.78 is 26.7. The number of benzene rings is 1. The van der Waals surface area contributed by atoms with Gasteiger partial charge in [-0.25, -0.2) is 13.1 Å². The molecule has 0 saturated carbocycles. The van der Waals surface area contributed by atoms with E-state index in [9.17, 15) is 13.2 Å². The van der Waals surface area contributed by atoms with Crippen LogP contribution in [0.15, 0.2) is 40.2 Å². The summed E-state index contributed by atoms with van der Waals surface area (Å²) in [5.74, 6) is -0.130. The van der Waals surface area contributed by atoms with Crippen LogP contribution in [-0.4, -0.2) is 20.9 Å². The van der Waals surface area contributed by atoms with Crippen LogP contribution in [-0.2, 0) is 21.4 Å². The van der Waals surface area contributed by atoms with Gasteiger partial charge < -0.3 is 5.32 Å². The highest BCUT2D eigenvalue weighted by Crippen LogP contribution is 2.11. The van der Waals surface area contributed by atoms with Crippen molar-refractivity contribution in [2.45, 2.75) is 18.4 Å². The minimum Gasteiger partial charge on any atom is -0.352 e. The van der Waals surface area contributed by atoms with Gasteiger partial charge in [0.25, 0.3) is 0 Å². The highest BCUT2D eigenvalue weighted by atomic mass is 79.9. The standard InChI is InChI=1S/C12H15BrN2O3S/c1-9(13)7-15-19(17,18)12-5-3-11(4-6-12)8-14-10(2)16/h3-6,15H,1,7-8H2,2H3,(H,14,16). The molecule has 104 valence electrons. The maximum atomic E-state index is 11.9. The SMILES string of the molecule is C=C(Br)CNS(=O)(=O)c1ccc(CNC(C)=O)cc1. The average Bonchev–Trinajstić information content (AvgIpc) is 2.34. The van der Waals surface area contributed by atoms with E-state index in [2.05, 4.69) is 32.5 Å². The Morgan fingerprint density at radius 2 is 1.89 bits per heavy atom. The van der Waals surface area contributed by atoms with E-state index in [-0.39, 0.29) is 17.3 Å². The molecule has 0 heterocycles. The van der Waals surface area contributed by atoms with Crippen molar-refractivity contribution >= 4 is 31.9 Å². The van der Waals surface area contributed by atoms with Gasteiger partial charge in [-0.2, -0.15) is 0 Å². The van der Waals surface area contributed by atoms with Crippen molar-refractivity contribution in [3.8, 4) is 0 Å². The van der Waals surface area contributed by atoms with E-state index in [1.807, 2.05) is 0 Å². The number of nitrogens with one attached hydrogen (secondary N) is 2. The zero-order chi connectivity index (χ0) is 14.5. The molecule has 0 bridgehead atoms. The zero-order valence-electron chi connectivity index (χ0n) is 10.4. The van der Waals surface area contributed by atoms with Gasteiger partial charge in [0.2, 0.25) is 15.9 Å². The first kappa shape index (κ1) is 15.9. The van der Waals surface area contributed by atoms with E-state index < -0.39 is 10.0 Å². The largest absolute Gasteiger partial charge is 0.352 e. The molecule has 1 aromatic carbocycles. The number of halogens is 1. The third-order valence-corrected chi connectivity index (χ3v) is 3.93. The number of rotatable bonds is 6. The molecule has 0 aliphatic rings. The number of amides is 1. The topological polar surface area (TPSA) is 75.3 Å². The first-order valence-corrected chi connectivity index (χ1v) is 7.75. The molecule has 0 aliphatic heterocycles. The van der Waals surface area contributed by atoms with E-state index >= 15 is 0 Å². The lowest BCUT2D eigenvalue weighted by atomic mass is 10.2. The van der Waals surface area contributed by atoms with Gasteiger partial charge in [0.1, 0.15) is 0 Å². The fraction of sp³-hybridized carbons (Fsp3) is 0.250. The number of hydrogen-bond donors (Lipinski definition) is 2. The molecule has 0 atom stereocenters. The smallest absolute Gasteiger partial charge is 0.240 e. The molecular weight excluding hydrogens is 332 g/mol. The first-order valence-electron chi connectivity index (χ1n) is 5.47. The maximum Gasteiger partial charge on any atom is 0.240 e. The van der Waals surface area contributed by atoms with E-state index in [0.29, 0.717) is 11.0 Å². The van der Waals surface area contributed by atoms with Crippen molar-refractivity contribution in [3.05, 3.63) is 40.9 Å². The quantitative estimate of drug-likeness (QED) is 0.819. The van der Waals surface area contributed by atoms with Crippen LogP contribution >= 0.6 is 15.9 Å². The lowest BCUT2D eigenvalue weighted by molar-refractivity contribution is -0.119. The summed E-state index contributed by atoms with van der Waals surface area (Å²) in [6, 6.07) is 6.31. The molecule has 7 heteroatoms. The summed E-state index contributed by atoms with van der Waals surface area (Å²) in [6.45, 7) is 5.49. The van der Waals surface area contributed by atoms with Crippen LogP contribution in [0.25, 0.3) is 0 Å². The van der Waals surface area contributed by atoms with E-state index in [0.717, 1.165) is 5.56 Å². The Balaban J connectivity index is 2.74. The second-order valence-corrected chi connectivity index (χ2v) is 6.78. The van der Waals surface area contributed by atoms with E-state index in [1.54, 1.807) is 12.1 Å². The molecule has 0 radical (unpaired) electrons. The molecule has 0 unspecified atom stereocenters. The second kappa shape index (κ2) is 6.83. The summed E-state index contributed by atoms with van der Waals surface area (Å²) in [5.41, 5.74) is 0.832. The summed E-state index contributed by atoms with van der Waals surface area (Å²) in [4.78, 5) is 10.9. The highest BCUT2D eigenvalue weighted by Gasteiger charge is 2.13. The van der Waals surface area contributed by atoms with Crippen LogP contribution in [0.4, 0.5) is 0 Å². The molecule has 0 aliphatic carbocycles. The van der Waals surface area contributed by atoms with Crippen LogP contribution in [0.1, 0.15) is 12.5 Å². The molecular formula is C12H15BrN2O3S. The molecule has 1 amide bonds. The Morgan fingerprint density at radius 3 is 2.37 bits per heavy atom. The summed E-state index contributed by atoms with van der Waals surface area (Å²) in [7, 11) is -3.53. The number of carbonyl (C=O) groups excluding carboxylic acids is 1. The fourth-order valence-corrected chi connectivity index (χ4v) is 2.62. The highest BCUT2D eigenvalue weighted by molar-refractivity contribution is 9.11. The Morgan fingerprint density at radius 1 is 1.32 bits per heavy atom. The molecule has 2 N–H and O–H groups in total. The number of carbonyl (C=O) groups is 1. The Labute approximate surface area is 121 Å². The monoisotopic (exact) mass is 346 g/mol. The first-order chi connectivity index (χ1) is 8.81. The van der Waals surface area contributed by atoms with Crippen LogP contribution in [0.2, 0.25) is 0 Å². The predicted molar refractivity (Wildman–Crippen MR) is 77.2 cm³/mol. The molecule has 0 fully saturated rings. The maximum absolute atomic E-state index is 11.9. The summed E-state index contributed by atoms with van der Waals surface area (Å²) in [6.07, 6.45) is 0. The Kier molecular flexibility index (Phi) is 5.71. The third-order valence-electron chi connectivity index (χ3n) is 2.23. The van der Waals surface area contributed by atoms with Crippen molar-refractivity contribution in [2.75, 3.05) is 6.54 Å². The van der Waals surface area contributed by atoms with Crippen molar-refractivity contribution in [1.29, 1.82) is 0 Å². The molecule has 0 saturated heterocycles. The Bertz CT molecular complexity index is 567.